The molecule has 24 heavy (non-hydrogen) atoms. The lowest BCUT2D eigenvalue weighted by Gasteiger charge is -2.21. The van der Waals surface area contributed by atoms with E-state index in [0.29, 0.717) is 5.56 Å². The van der Waals surface area contributed by atoms with E-state index in [-0.39, 0.29) is 13.1 Å². The summed E-state index contributed by atoms with van der Waals surface area (Å²) in [4.78, 5) is -0.534. The third-order valence-corrected chi connectivity index (χ3v) is 5.12. The molecular weight excluding hydrogens is 347 g/mol. The van der Waals surface area contributed by atoms with Gasteiger partial charge in [0, 0.05) is 31.9 Å². The van der Waals surface area contributed by atoms with Crippen LogP contribution < -0.4 is 4.74 Å². The lowest BCUT2D eigenvalue weighted by Crippen LogP contribution is -2.31. The summed E-state index contributed by atoms with van der Waals surface area (Å²) < 4.78 is 69.4. The van der Waals surface area contributed by atoms with E-state index in [9.17, 15) is 21.6 Å². The van der Waals surface area contributed by atoms with Crippen molar-refractivity contribution in [1.82, 2.24) is 14.1 Å². The lowest BCUT2D eigenvalue weighted by atomic mass is 10.3. The van der Waals surface area contributed by atoms with Crippen molar-refractivity contribution in [3.05, 3.63) is 42.2 Å². The molecule has 0 unspecified atom stereocenters. The van der Waals surface area contributed by atoms with Gasteiger partial charge in [0.15, 0.2) is 0 Å². The number of alkyl halides is 3. The van der Waals surface area contributed by atoms with Gasteiger partial charge in [-0.2, -0.15) is 9.40 Å². The van der Waals surface area contributed by atoms with Gasteiger partial charge in [-0.1, -0.05) is 19.1 Å². The molecule has 0 atom stereocenters. The van der Waals surface area contributed by atoms with E-state index < -0.39 is 27.0 Å². The number of rotatable bonds is 6. The standard InChI is InChI=1S/C14H16F3N3O3S/c1-3-20(10-11-8-18-19(2)9-11)24(21,22)13-7-5-4-6-12(13)23-14(15,16)17/h4-9H,3,10H2,1-2H3. The van der Waals surface area contributed by atoms with Crippen molar-refractivity contribution in [3.8, 4) is 5.75 Å². The summed E-state index contributed by atoms with van der Waals surface area (Å²) in [5.74, 6) is -0.755. The number of halogens is 3. The quantitative estimate of drug-likeness (QED) is 0.791. The molecule has 0 bridgehead atoms. The molecule has 0 aliphatic rings. The molecule has 0 aliphatic heterocycles. The lowest BCUT2D eigenvalue weighted by molar-refractivity contribution is -0.275. The van der Waals surface area contributed by atoms with Crippen molar-refractivity contribution >= 4 is 10.0 Å². The van der Waals surface area contributed by atoms with Crippen molar-refractivity contribution in [1.29, 1.82) is 0 Å². The van der Waals surface area contributed by atoms with Crippen LogP contribution in [0.4, 0.5) is 13.2 Å². The van der Waals surface area contributed by atoms with Crippen LogP contribution in [0.2, 0.25) is 0 Å². The third-order valence-electron chi connectivity index (χ3n) is 3.16. The van der Waals surface area contributed by atoms with Crippen LogP contribution >= 0.6 is 0 Å². The highest BCUT2D eigenvalue weighted by Gasteiger charge is 2.35. The molecule has 2 aromatic rings. The number of nitrogens with zero attached hydrogens (tertiary/aromatic N) is 3. The fraction of sp³-hybridized carbons (Fsp3) is 0.357. The van der Waals surface area contributed by atoms with Crippen LogP contribution in [0.15, 0.2) is 41.6 Å². The molecule has 0 spiro atoms. The number of para-hydroxylation sites is 1. The van der Waals surface area contributed by atoms with Crippen LogP contribution in [-0.2, 0) is 23.6 Å². The SMILES string of the molecule is CCN(Cc1cnn(C)c1)S(=O)(=O)c1ccccc1OC(F)(F)F. The maximum absolute atomic E-state index is 12.7. The monoisotopic (exact) mass is 363 g/mol. The van der Waals surface area contributed by atoms with Crippen LogP contribution in [0, 0.1) is 0 Å². The Balaban J connectivity index is 2.37. The first-order valence-electron chi connectivity index (χ1n) is 6.96. The fourth-order valence-corrected chi connectivity index (χ4v) is 3.69. The van der Waals surface area contributed by atoms with Crippen molar-refractivity contribution in [3.63, 3.8) is 0 Å². The number of ether oxygens (including phenoxy) is 1. The predicted molar refractivity (Wildman–Crippen MR) is 79.6 cm³/mol. The number of hydrogen-bond acceptors (Lipinski definition) is 4. The van der Waals surface area contributed by atoms with Gasteiger partial charge in [0.2, 0.25) is 10.0 Å². The third kappa shape index (κ3) is 4.26. The first-order valence-corrected chi connectivity index (χ1v) is 8.40. The highest BCUT2D eigenvalue weighted by molar-refractivity contribution is 7.89. The molecular formula is C14H16F3N3O3S. The van der Waals surface area contributed by atoms with Gasteiger partial charge in [-0.15, -0.1) is 13.2 Å². The Labute approximate surface area is 137 Å². The number of aryl methyl sites for hydroxylation is 1. The van der Waals surface area contributed by atoms with Crippen LogP contribution in [0.5, 0.6) is 5.75 Å². The summed E-state index contributed by atoms with van der Waals surface area (Å²) in [6.45, 7) is 1.67. The van der Waals surface area contributed by atoms with Gasteiger partial charge < -0.3 is 4.74 Å². The number of aromatic nitrogens is 2. The predicted octanol–water partition coefficient (Wildman–Crippen LogP) is 2.53. The highest BCUT2D eigenvalue weighted by Crippen LogP contribution is 2.31. The molecule has 0 saturated heterocycles. The average molecular weight is 363 g/mol. The molecule has 0 fully saturated rings. The molecule has 10 heteroatoms. The van der Waals surface area contributed by atoms with Gasteiger partial charge >= 0.3 is 6.36 Å². The van der Waals surface area contributed by atoms with Gasteiger partial charge in [-0.25, -0.2) is 8.42 Å². The average Bonchev–Trinajstić information content (AvgIpc) is 2.88. The van der Waals surface area contributed by atoms with Gasteiger partial charge in [0.25, 0.3) is 0 Å². The van der Waals surface area contributed by atoms with E-state index in [1.54, 1.807) is 20.2 Å². The minimum absolute atomic E-state index is 0.00692. The van der Waals surface area contributed by atoms with E-state index >= 15 is 0 Å². The van der Waals surface area contributed by atoms with Crippen LogP contribution in [0.1, 0.15) is 12.5 Å². The molecule has 0 amide bonds. The van der Waals surface area contributed by atoms with E-state index in [1.807, 2.05) is 0 Å². The summed E-state index contributed by atoms with van der Waals surface area (Å²) >= 11 is 0. The zero-order valence-electron chi connectivity index (χ0n) is 13.0. The van der Waals surface area contributed by atoms with Crippen LogP contribution in [0.3, 0.4) is 0 Å². The molecule has 2 rings (SSSR count). The van der Waals surface area contributed by atoms with Gasteiger partial charge in [0.1, 0.15) is 10.6 Å². The number of sulfonamides is 1. The maximum atomic E-state index is 12.7. The Hall–Kier alpha value is -2.07. The zero-order chi connectivity index (χ0) is 18.0. The van der Waals surface area contributed by atoms with Crippen molar-refractivity contribution in [2.24, 2.45) is 7.05 Å². The second-order valence-electron chi connectivity index (χ2n) is 4.95. The van der Waals surface area contributed by atoms with Gasteiger partial charge in [-0.05, 0) is 12.1 Å². The summed E-state index contributed by atoms with van der Waals surface area (Å²) in [5.41, 5.74) is 0.622. The number of hydrogen-bond donors (Lipinski definition) is 0. The molecule has 132 valence electrons. The minimum Gasteiger partial charge on any atom is -0.404 e. The van der Waals surface area contributed by atoms with Crippen molar-refractivity contribution < 1.29 is 26.3 Å². The van der Waals surface area contributed by atoms with Crippen molar-refractivity contribution in [2.45, 2.75) is 24.7 Å². The Morgan fingerprint density at radius 3 is 2.50 bits per heavy atom. The maximum Gasteiger partial charge on any atom is 0.573 e. The topological polar surface area (TPSA) is 64.4 Å². The Morgan fingerprint density at radius 2 is 1.96 bits per heavy atom. The summed E-state index contributed by atoms with van der Waals surface area (Å²) in [6, 6.07) is 4.67. The van der Waals surface area contributed by atoms with Gasteiger partial charge in [-0.3, -0.25) is 4.68 Å². The summed E-state index contributed by atoms with van der Waals surface area (Å²) in [5, 5.41) is 3.95. The van der Waals surface area contributed by atoms with E-state index in [1.165, 1.54) is 23.0 Å². The molecule has 0 aliphatic carbocycles. The molecule has 1 aromatic heterocycles. The number of benzene rings is 1. The molecule has 0 radical (unpaired) electrons. The Bertz CT molecular complexity index is 803. The second-order valence-corrected chi connectivity index (χ2v) is 6.85. The normalized spacial score (nSPS) is 12.6. The van der Waals surface area contributed by atoms with Crippen molar-refractivity contribution in [2.75, 3.05) is 6.54 Å². The molecule has 0 N–H and O–H groups in total. The van der Waals surface area contributed by atoms with E-state index in [2.05, 4.69) is 9.84 Å². The summed E-state index contributed by atoms with van der Waals surface area (Å²) in [7, 11) is -2.49. The van der Waals surface area contributed by atoms with Crippen LogP contribution in [-0.4, -0.2) is 35.4 Å². The molecule has 0 saturated carbocycles. The van der Waals surface area contributed by atoms with E-state index in [0.717, 1.165) is 16.4 Å². The first kappa shape index (κ1) is 18.3. The second kappa shape index (κ2) is 6.81. The zero-order valence-corrected chi connectivity index (χ0v) is 13.8. The van der Waals surface area contributed by atoms with Crippen LogP contribution in [0.25, 0.3) is 0 Å². The van der Waals surface area contributed by atoms with E-state index in [4.69, 9.17) is 0 Å². The smallest absolute Gasteiger partial charge is 0.404 e. The Morgan fingerprint density at radius 1 is 1.29 bits per heavy atom. The molecule has 1 heterocycles. The Kier molecular flexibility index (Phi) is 5.19. The highest BCUT2D eigenvalue weighted by atomic mass is 32.2. The fourth-order valence-electron chi connectivity index (χ4n) is 2.14. The molecule has 1 aromatic carbocycles. The molecule has 6 nitrogen and oxygen atoms in total. The van der Waals surface area contributed by atoms with Gasteiger partial charge in [0.05, 0.1) is 6.20 Å². The first-order chi connectivity index (χ1) is 11.1. The largest absolute Gasteiger partial charge is 0.573 e. The minimum atomic E-state index is -4.98. The summed E-state index contributed by atoms with van der Waals surface area (Å²) in [6.07, 6.45) is -1.85.